The first-order valence-electron chi connectivity index (χ1n) is 6.17. The lowest BCUT2D eigenvalue weighted by Crippen LogP contribution is -2.38. The van der Waals surface area contributed by atoms with E-state index in [4.69, 9.17) is 4.74 Å². The van der Waals surface area contributed by atoms with E-state index in [0.717, 1.165) is 0 Å². The highest BCUT2D eigenvalue weighted by Gasteiger charge is 2.57. The van der Waals surface area contributed by atoms with Crippen LogP contribution in [0.2, 0.25) is 0 Å². The molecule has 0 N–H and O–H groups in total. The van der Waals surface area contributed by atoms with Crippen LogP contribution in [0.5, 0.6) is 0 Å². The summed E-state index contributed by atoms with van der Waals surface area (Å²) in [5, 5.41) is 9.30. The number of nitrogens with zero attached hydrogens (tertiary/aromatic N) is 2. The average molecular weight is 286 g/mol. The predicted octanol–water partition coefficient (Wildman–Crippen LogP) is 0.792. The molecule has 2 fully saturated rings. The number of carbonyl (C=O) groups is 1. The molecule has 0 aromatic carbocycles. The molecule has 2 atom stereocenters. The van der Waals surface area contributed by atoms with E-state index in [1.54, 1.807) is 20.8 Å². The van der Waals surface area contributed by atoms with Crippen LogP contribution in [0.3, 0.4) is 0 Å². The van der Waals surface area contributed by atoms with Crippen molar-refractivity contribution in [1.29, 1.82) is 5.26 Å². The Morgan fingerprint density at radius 3 is 2.58 bits per heavy atom. The molecule has 106 valence electrons. The molecule has 6 nitrogen and oxygen atoms in total. The van der Waals surface area contributed by atoms with E-state index in [1.807, 2.05) is 0 Å². The molecule has 0 aliphatic carbocycles. The zero-order chi connectivity index (χ0) is 14.5. The van der Waals surface area contributed by atoms with Crippen molar-refractivity contribution in [1.82, 2.24) is 4.90 Å². The molecule has 0 aromatic heterocycles. The van der Waals surface area contributed by atoms with Crippen molar-refractivity contribution in [3.05, 3.63) is 0 Å². The van der Waals surface area contributed by atoms with Crippen LogP contribution in [-0.2, 0) is 14.6 Å². The van der Waals surface area contributed by atoms with Gasteiger partial charge in [-0.2, -0.15) is 5.26 Å². The number of fused-ring (bicyclic) bond motifs is 1. The standard InChI is InChI=1S/C12H18N2O4S/c1-11(2,3)18-10(15)14-4-9-5-19(16,17)8-12(9,6-13)7-14/h9H,4-5,7-8H2,1-3H3/t9-,12-/m1/s1. The van der Waals surface area contributed by atoms with Gasteiger partial charge in [-0.3, -0.25) is 0 Å². The van der Waals surface area contributed by atoms with Gasteiger partial charge in [0.15, 0.2) is 9.84 Å². The largest absolute Gasteiger partial charge is 0.444 e. The molecule has 19 heavy (non-hydrogen) atoms. The number of amides is 1. The first-order chi connectivity index (χ1) is 8.57. The topological polar surface area (TPSA) is 87.5 Å². The van der Waals surface area contributed by atoms with Crippen LogP contribution in [0.15, 0.2) is 0 Å². The van der Waals surface area contributed by atoms with Gasteiger partial charge < -0.3 is 9.64 Å². The fraction of sp³-hybridized carbons (Fsp3) is 0.833. The normalized spacial score (nSPS) is 32.7. The minimum Gasteiger partial charge on any atom is -0.444 e. The molecule has 0 bridgehead atoms. The number of nitriles is 1. The Bertz CT molecular complexity index is 543. The molecule has 0 saturated carbocycles. The highest BCUT2D eigenvalue weighted by molar-refractivity contribution is 7.91. The summed E-state index contributed by atoms with van der Waals surface area (Å²) < 4.78 is 28.5. The van der Waals surface area contributed by atoms with E-state index in [1.165, 1.54) is 4.90 Å². The maximum absolute atomic E-state index is 12.0. The lowest BCUT2D eigenvalue weighted by atomic mass is 9.83. The predicted molar refractivity (Wildman–Crippen MR) is 68.0 cm³/mol. The van der Waals surface area contributed by atoms with Gasteiger partial charge in [0.2, 0.25) is 0 Å². The number of sulfone groups is 1. The van der Waals surface area contributed by atoms with E-state index in [-0.39, 0.29) is 30.5 Å². The summed E-state index contributed by atoms with van der Waals surface area (Å²) in [6.07, 6.45) is -0.478. The second-order valence-corrected chi connectivity index (χ2v) is 8.49. The van der Waals surface area contributed by atoms with Crippen LogP contribution >= 0.6 is 0 Å². The van der Waals surface area contributed by atoms with Gasteiger partial charge in [-0.15, -0.1) is 0 Å². The Labute approximate surface area is 113 Å². The molecule has 0 spiro atoms. The van der Waals surface area contributed by atoms with E-state index < -0.39 is 26.9 Å². The molecular weight excluding hydrogens is 268 g/mol. The van der Waals surface area contributed by atoms with Gasteiger partial charge in [-0.25, -0.2) is 13.2 Å². The average Bonchev–Trinajstić information content (AvgIpc) is 2.64. The monoisotopic (exact) mass is 286 g/mol. The minimum atomic E-state index is -3.16. The van der Waals surface area contributed by atoms with Gasteiger partial charge in [0.05, 0.1) is 23.0 Å². The summed E-state index contributed by atoms with van der Waals surface area (Å²) >= 11 is 0. The third-order valence-electron chi connectivity index (χ3n) is 3.50. The highest BCUT2D eigenvalue weighted by atomic mass is 32.2. The third kappa shape index (κ3) is 2.68. The molecule has 0 aromatic rings. The third-order valence-corrected chi connectivity index (χ3v) is 5.37. The summed E-state index contributed by atoms with van der Waals surface area (Å²) in [6.45, 7) is 5.73. The number of hydrogen-bond donors (Lipinski definition) is 0. The van der Waals surface area contributed by atoms with Gasteiger partial charge in [0.1, 0.15) is 5.60 Å². The first kappa shape index (κ1) is 14.1. The molecule has 2 saturated heterocycles. The van der Waals surface area contributed by atoms with Crippen molar-refractivity contribution >= 4 is 15.9 Å². The molecule has 1 amide bonds. The molecule has 2 heterocycles. The Morgan fingerprint density at radius 2 is 2.11 bits per heavy atom. The quantitative estimate of drug-likeness (QED) is 0.657. The molecule has 0 radical (unpaired) electrons. The van der Waals surface area contributed by atoms with Gasteiger partial charge in [-0.05, 0) is 20.8 Å². The summed E-state index contributed by atoms with van der Waals surface area (Å²) in [5.74, 6) is -0.463. The Hall–Kier alpha value is -1.29. The SMILES string of the molecule is CC(C)(C)OC(=O)N1C[C@@H]2CS(=O)(=O)C[C@@]2(C#N)C1. The van der Waals surface area contributed by atoms with Gasteiger partial charge in [-0.1, -0.05) is 0 Å². The van der Waals surface area contributed by atoms with E-state index in [2.05, 4.69) is 6.07 Å². The summed E-state index contributed by atoms with van der Waals surface area (Å²) in [4.78, 5) is 13.4. The molecule has 2 aliphatic rings. The van der Waals surface area contributed by atoms with Gasteiger partial charge >= 0.3 is 6.09 Å². The van der Waals surface area contributed by atoms with Crippen molar-refractivity contribution in [2.45, 2.75) is 26.4 Å². The number of rotatable bonds is 0. The number of likely N-dealkylation sites (tertiary alicyclic amines) is 1. The van der Waals surface area contributed by atoms with E-state index in [0.29, 0.717) is 0 Å². The van der Waals surface area contributed by atoms with Crippen molar-refractivity contribution < 1.29 is 17.9 Å². The molecule has 2 rings (SSSR count). The summed E-state index contributed by atoms with van der Waals surface area (Å²) in [5.41, 5.74) is -1.55. The second-order valence-electron chi connectivity index (χ2n) is 6.38. The van der Waals surface area contributed by atoms with Gasteiger partial charge in [0.25, 0.3) is 0 Å². The first-order valence-corrected chi connectivity index (χ1v) is 7.99. The Kier molecular flexibility index (Phi) is 3.05. The number of ether oxygens (including phenoxy) is 1. The summed E-state index contributed by atoms with van der Waals surface area (Å²) in [7, 11) is -3.16. The van der Waals surface area contributed by atoms with Crippen LogP contribution in [0, 0.1) is 22.7 Å². The van der Waals surface area contributed by atoms with Crippen LogP contribution < -0.4 is 0 Å². The number of hydrogen-bond acceptors (Lipinski definition) is 5. The molecule has 0 unspecified atom stereocenters. The van der Waals surface area contributed by atoms with Crippen molar-refractivity contribution in [2.24, 2.45) is 11.3 Å². The Morgan fingerprint density at radius 1 is 1.47 bits per heavy atom. The van der Waals surface area contributed by atoms with Crippen molar-refractivity contribution in [3.63, 3.8) is 0 Å². The molecule has 7 heteroatoms. The fourth-order valence-electron chi connectivity index (χ4n) is 2.73. The van der Waals surface area contributed by atoms with Crippen molar-refractivity contribution in [2.75, 3.05) is 24.6 Å². The van der Waals surface area contributed by atoms with Crippen molar-refractivity contribution in [3.8, 4) is 6.07 Å². The zero-order valence-corrected chi connectivity index (χ0v) is 12.2. The van der Waals surface area contributed by atoms with Crippen LogP contribution in [0.1, 0.15) is 20.8 Å². The highest BCUT2D eigenvalue weighted by Crippen LogP contribution is 2.43. The lowest BCUT2D eigenvalue weighted by Gasteiger charge is -2.25. The fourth-order valence-corrected chi connectivity index (χ4v) is 5.06. The van der Waals surface area contributed by atoms with E-state index in [9.17, 15) is 18.5 Å². The Balaban J connectivity index is 2.13. The van der Waals surface area contributed by atoms with Crippen LogP contribution in [0.4, 0.5) is 4.79 Å². The number of carbonyl (C=O) groups excluding carboxylic acids is 1. The second kappa shape index (κ2) is 4.10. The maximum atomic E-state index is 12.0. The smallest absolute Gasteiger partial charge is 0.410 e. The van der Waals surface area contributed by atoms with Crippen LogP contribution in [0.25, 0.3) is 0 Å². The van der Waals surface area contributed by atoms with E-state index >= 15 is 0 Å². The minimum absolute atomic E-state index is 0.0140. The molecule has 2 aliphatic heterocycles. The van der Waals surface area contributed by atoms with Gasteiger partial charge in [0, 0.05) is 19.0 Å². The molecular formula is C12H18N2O4S. The van der Waals surface area contributed by atoms with Crippen LogP contribution in [-0.4, -0.2) is 49.6 Å². The zero-order valence-electron chi connectivity index (χ0n) is 11.3. The lowest BCUT2D eigenvalue weighted by molar-refractivity contribution is 0.0280. The maximum Gasteiger partial charge on any atom is 0.410 e. The summed E-state index contributed by atoms with van der Waals surface area (Å²) in [6, 6.07) is 2.11.